The monoisotopic (exact) mass is 215 g/mol. The summed E-state index contributed by atoms with van der Waals surface area (Å²) >= 11 is 0. The third-order valence-corrected chi connectivity index (χ3v) is 1.69. The minimum absolute atomic E-state index is 0.207. The van der Waals surface area contributed by atoms with Crippen LogP contribution in [0.1, 0.15) is 12.5 Å². The molecule has 1 aromatic carbocycles. The Bertz CT molecular complexity index is 469. The Morgan fingerprint density at radius 2 is 1.94 bits per heavy atom. The Morgan fingerprint density at radius 3 is 2.44 bits per heavy atom. The topological polar surface area (TPSA) is 67.2 Å². The first kappa shape index (κ1) is 11.7. The molecule has 0 aliphatic heterocycles. The lowest BCUT2D eigenvalue weighted by Gasteiger charge is -1.97. The molecule has 0 saturated carbocycles. The predicted molar refractivity (Wildman–Crippen MR) is 56.8 cm³/mol. The number of hydrogen-bond acceptors (Lipinski definition) is 4. The fourth-order valence-electron chi connectivity index (χ4n) is 1.04. The lowest BCUT2D eigenvalue weighted by Crippen LogP contribution is -2.10. The highest BCUT2D eigenvalue weighted by atomic mass is 16.6. The summed E-state index contributed by atoms with van der Waals surface area (Å²) < 4.78 is 4.31. The van der Waals surface area contributed by atoms with E-state index in [0.717, 1.165) is 6.92 Å². The summed E-state index contributed by atoms with van der Waals surface area (Å²) in [6.45, 7) is 1.11. The van der Waals surface area contributed by atoms with Crippen molar-refractivity contribution in [1.29, 1.82) is 5.26 Å². The molecule has 0 aromatic heterocycles. The smallest absolute Gasteiger partial charge is 0.356 e. The minimum atomic E-state index is -0.932. The Labute approximate surface area is 92.8 Å². The summed E-state index contributed by atoms with van der Waals surface area (Å²) in [5.41, 5.74) is 0.487. The van der Waals surface area contributed by atoms with Crippen LogP contribution in [0.25, 0.3) is 6.08 Å². The molecule has 0 N–H and O–H groups in total. The average molecular weight is 215 g/mol. The van der Waals surface area contributed by atoms with Gasteiger partial charge >= 0.3 is 11.9 Å². The molecule has 16 heavy (non-hydrogen) atoms. The Morgan fingerprint density at radius 1 is 1.31 bits per heavy atom. The summed E-state index contributed by atoms with van der Waals surface area (Å²) in [6.07, 6.45) is 1.37. The van der Waals surface area contributed by atoms with Crippen LogP contribution < -0.4 is 0 Å². The van der Waals surface area contributed by atoms with Crippen LogP contribution in [0.15, 0.2) is 35.9 Å². The highest BCUT2D eigenvalue weighted by Gasteiger charge is 2.12. The molecule has 0 amide bonds. The lowest BCUT2D eigenvalue weighted by atomic mass is 10.1. The summed E-state index contributed by atoms with van der Waals surface area (Å²) in [5, 5.41) is 8.74. The van der Waals surface area contributed by atoms with Gasteiger partial charge in [-0.15, -0.1) is 0 Å². The van der Waals surface area contributed by atoms with Crippen LogP contribution in [0, 0.1) is 11.3 Å². The molecule has 4 nitrogen and oxygen atoms in total. The molecule has 0 radical (unpaired) electrons. The number of hydrogen-bond donors (Lipinski definition) is 0. The van der Waals surface area contributed by atoms with Crippen molar-refractivity contribution < 1.29 is 14.3 Å². The molecule has 4 heteroatoms. The Hall–Kier alpha value is -2.41. The van der Waals surface area contributed by atoms with Crippen LogP contribution in [0.5, 0.6) is 0 Å². The van der Waals surface area contributed by atoms with E-state index in [9.17, 15) is 9.59 Å². The maximum atomic E-state index is 11.3. The molecule has 0 fully saturated rings. The SMILES string of the molecule is CC(=O)OC(=O)/C(C#N)=C/c1ccccc1. The fraction of sp³-hybridized carbons (Fsp3) is 0.0833. The van der Waals surface area contributed by atoms with Gasteiger partial charge in [-0.05, 0) is 11.6 Å². The van der Waals surface area contributed by atoms with E-state index in [1.54, 1.807) is 30.3 Å². The zero-order valence-corrected chi connectivity index (χ0v) is 8.64. The number of nitrogens with zero attached hydrogens (tertiary/aromatic N) is 1. The number of rotatable bonds is 2. The quantitative estimate of drug-likeness (QED) is 0.326. The van der Waals surface area contributed by atoms with Crippen LogP contribution in [0.4, 0.5) is 0 Å². The Balaban J connectivity index is 2.92. The molecule has 80 valence electrons. The van der Waals surface area contributed by atoms with Gasteiger partial charge in [0, 0.05) is 6.92 Å². The van der Waals surface area contributed by atoms with Crippen molar-refractivity contribution in [2.24, 2.45) is 0 Å². The van der Waals surface area contributed by atoms with E-state index in [4.69, 9.17) is 5.26 Å². The second-order valence-electron chi connectivity index (χ2n) is 2.96. The van der Waals surface area contributed by atoms with Crippen LogP contribution in [0.2, 0.25) is 0 Å². The van der Waals surface area contributed by atoms with E-state index in [2.05, 4.69) is 4.74 Å². The van der Waals surface area contributed by atoms with Gasteiger partial charge in [0.25, 0.3) is 0 Å². The first-order valence-electron chi connectivity index (χ1n) is 4.53. The van der Waals surface area contributed by atoms with Crippen molar-refractivity contribution >= 4 is 18.0 Å². The normalized spacial score (nSPS) is 10.4. The number of carbonyl (C=O) groups is 2. The third-order valence-electron chi connectivity index (χ3n) is 1.69. The molecule has 1 rings (SSSR count). The molecule has 0 atom stereocenters. The first-order chi connectivity index (χ1) is 7.63. The molecule has 0 saturated heterocycles. The largest absolute Gasteiger partial charge is 0.389 e. The van der Waals surface area contributed by atoms with Crippen LogP contribution in [0.3, 0.4) is 0 Å². The van der Waals surface area contributed by atoms with Crippen molar-refractivity contribution in [2.45, 2.75) is 6.92 Å². The van der Waals surface area contributed by atoms with Crippen molar-refractivity contribution in [3.8, 4) is 6.07 Å². The number of nitriles is 1. The van der Waals surface area contributed by atoms with Crippen LogP contribution >= 0.6 is 0 Å². The molecular formula is C12H9NO3. The summed E-state index contributed by atoms with van der Waals surface area (Å²) in [5.74, 6) is -1.67. The molecule has 0 unspecified atom stereocenters. The molecule has 0 bridgehead atoms. The van der Waals surface area contributed by atoms with Gasteiger partial charge < -0.3 is 4.74 Å². The number of esters is 2. The molecule has 0 spiro atoms. The van der Waals surface area contributed by atoms with E-state index < -0.39 is 11.9 Å². The first-order valence-corrected chi connectivity index (χ1v) is 4.53. The average Bonchev–Trinajstić information content (AvgIpc) is 2.26. The highest BCUT2D eigenvalue weighted by Crippen LogP contribution is 2.07. The summed E-state index contributed by atoms with van der Waals surface area (Å²) in [7, 11) is 0. The predicted octanol–water partition coefficient (Wildman–Crippen LogP) is 1.68. The van der Waals surface area contributed by atoms with Gasteiger partial charge in [0.2, 0.25) is 0 Å². The van der Waals surface area contributed by atoms with Gasteiger partial charge in [-0.1, -0.05) is 30.3 Å². The van der Waals surface area contributed by atoms with E-state index in [-0.39, 0.29) is 5.57 Å². The van der Waals surface area contributed by atoms with Crippen LogP contribution in [-0.2, 0) is 14.3 Å². The van der Waals surface area contributed by atoms with E-state index >= 15 is 0 Å². The zero-order chi connectivity index (χ0) is 12.0. The lowest BCUT2D eigenvalue weighted by molar-refractivity contribution is -0.154. The second kappa shape index (κ2) is 5.47. The molecule has 1 aromatic rings. The molecular weight excluding hydrogens is 206 g/mol. The van der Waals surface area contributed by atoms with Crippen molar-refractivity contribution in [3.05, 3.63) is 41.5 Å². The molecule has 0 aliphatic carbocycles. The third kappa shape index (κ3) is 3.39. The highest BCUT2D eigenvalue weighted by molar-refractivity contribution is 6.02. The molecule has 0 aliphatic rings. The van der Waals surface area contributed by atoms with Crippen molar-refractivity contribution in [2.75, 3.05) is 0 Å². The maximum absolute atomic E-state index is 11.3. The van der Waals surface area contributed by atoms with Gasteiger partial charge in [0.15, 0.2) is 0 Å². The zero-order valence-electron chi connectivity index (χ0n) is 8.64. The van der Waals surface area contributed by atoms with Gasteiger partial charge in [-0.3, -0.25) is 4.79 Å². The number of ether oxygens (including phenoxy) is 1. The standard InChI is InChI=1S/C12H9NO3/c1-9(14)16-12(15)11(8-13)7-10-5-3-2-4-6-10/h2-7H,1H3/b11-7+. The van der Waals surface area contributed by atoms with Crippen molar-refractivity contribution in [1.82, 2.24) is 0 Å². The Kier molecular flexibility index (Phi) is 3.98. The van der Waals surface area contributed by atoms with Crippen LogP contribution in [-0.4, -0.2) is 11.9 Å². The van der Waals surface area contributed by atoms with Gasteiger partial charge in [0.05, 0.1) is 0 Å². The van der Waals surface area contributed by atoms with E-state index in [1.807, 2.05) is 6.07 Å². The summed E-state index contributed by atoms with van der Waals surface area (Å²) in [4.78, 5) is 21.8. The second-order valence-corrected chi connectivity index (χ2v) is 2.96. The summed E-state index contributed by atoms with van der Waals surface area (Å²) in [6, 6.07) is 10.5. The van der Waals surface area contributed by atoms with Gasteiger partial charge in [-0.2, -0.15) is 5.26 Å². The molecule has 0 heterocycles. The van der Waals surface area contributed by atoms with Gasteiger partial charge in [0.1, 0.15) is 11.6 Å². The fourth-order valence-corrected chi connectivity index (χ4v) is 1.04. The minimum Gasteiger partial charge on any atom is -0.389 e. The number of carbonyl (C=O) groups excluding carboxylic acids is 2. The van der Waals surface area contributed by atoms with E-state index in [0.29, 0.717) is 5.56 Å². The van der Waals surface area contributed by atoms with Gasteiger partial charge in [-0.25, -0.2) is 4.79 Å². The van der Waals surface area contributed by atoms with Crippen molar-refractivity contribution in [3.63, 3.8) is 0 Å². The number of benzene rings is 1. The maximum Gasteiger partial charge on any atom is 0.356 e. The van der Waals surface area contributed by atoms with E-state index in [1.165, 1.54) is 6.08 Å².